The number of benzene rings is 2. The third kappa shape index (κ3) is 8.53. The molecule has 2 aromatic rings. The lowest BCUT2D eigenvalue weighted by Gasteiger charge is -2.41. The van der Waals surface area contributed by atoms with Crippen molar-refractivity contribution in [3.63, 3.8) is 0 Å². The second-order valence-electron chi connectivity index (χ2n) is 17.6. The summed E-state index contributed by atoms with van der Waals surface area (Å²) >= 11 is 0. The molecule has 0 saturated carbocycles. The molecule has 56 heavy (non-hydrogen) atoms. The number of aliphatic hydroxyl groups excluding tert-OH is 1. The van der Waals surface area contributed by atoms with Crippen LogP contribution in [-0.4, -0.2) is 104 Å². The maximum Gasteiger partial charge on any atom is 0.256 e. The SMILES string of the molecule is C/C=C1\C[C@H]2C(CCO)N(C(C)CC)c3cc(OCCC(C)(C)CCC(C)(C)COc4cc5c(cc4OC)C(=O)N4CCCC4C=N5)c(OC)cc3C(=O)N2C1. The lowest BCUT2D eigenvalue weighted by molar-refractivity contribution is 0.0717. The summed E-state index contributed by atoms with van der Waals surface area (Å²) in [5.74, 6) is 2.29. The summed E-state index contributed by atoms with van der Waals surface area (Å²) in [6.45, 7) is 17.7. The zero-order chi connectivity index (χ0) is 40.4. The number of nitrogens with zero attached hydrogens (tertiary/aromatic N) is 4. The van der Waals surface area contributed by atoms with Crippen LogP contribution in [0, 0.1) is 10.8 Å². The first-order valence-electron chi connectivity index (χ1n) is 20.6. The van der Waals surface area contributed by atoms with E-state index in [0.717, 1.165) is 57.2 Å². The van der Waals surface area contributed by atoms with Crippen molar-refractivity contribution in [3.05, 3.63) is 47.0 Å². The molecule has 306 valence electrons. The molecule has 0 bridgehead atoms. The van der Waals surface area contributed by atoms with E-state index in [1.165, 1.54) is 5.57 Å². The van der Waals surface area contributed by atoms with Crippen LogP contribution in [0.25, 0.3) is 0 Å². The largest absolute Gasteiger partial charge is 0.493 e. The van der Waals surface area contributed by atoms with Crippen molar-refractivity contribution in [2.75, 3.05) is 52.0 Å². The van der Waals surface area contributed by atoms with Gasteiger partial charge >= 0.3 is 0 Å². The summed E-state index contributed by atoms with van der Waals surface area (Å²) in [6, 6.07) is 7.61. The Bertz CT molecular complexity index is 1820. The molecule has 2 amide bonds. The Hall–Kier alpha value is -4.25. The first kappa shape index (κ1) is 41.4. The van der Waals surface area contributed by atoms with E-state index >= 15 is 0 Å². The molecular weight excluding hydrogens is 709 g/mol. The highest BCUT2D eigenvalue weighted by atomic mass is 16.5. The predicted molar refractivity (Wildman–Crippen MR) is 222 cm³/mol. The van der Waals surface area contributed by atoms with Gasteiger partial charge in [0.25, 0.3) is 11.8 Å². The Balaban J connectivity index is 1.11. The van der Waals surface area contributed by atoms with E-state index in [1.54, 1.807) is 20.3 Å². The highest BCUT2D eigenvalue weighted by Gasteiger charge is 2.45. The van der Waals surface area contributed by atoms with E-state index in [4.69, 9.17) is 18.9 Å². The second kappa shape index (κ2) is 17.1. The standard InChI is InChI=1S/C45H64N4O7/c1-10-29(3)49-35(14-19-50)37-21-30(11-2)27-48(37)43(52)33-23-39(54-9)41(25-36(33)49)55-20-17-44(4,5)15-16-45(6,7)28-56-40-24-34-32(22-38(40)53-8)42(51)47-18-12-13-31(47)26-46-34/h11,22-26,29,31,35,37,50H,10,12-21,27-28H2,1-9H3/b30-11+/t29?,31?,35?,37-/m0/s1. The lowest BCUT2D eigenvalue weighted by Crippen LogP contribution is -2.51. The smallest absolute Gasteiger partial charge is 0.256 e. The van der Waals surface area contributed by atoms with Gasteiger partial charge < -0.3 is 38.8 Å². The van der Waals surface area contributed by atoms with Crippen molar-refractivity contribution in [3.8, 4) is 23.0 Å². The molecule has 11 heteroatoms. The average Bonchev–Trinajstić information content (AvgIpc) is 3.81. The van der Waals surface area contributed by atoms with Crippen LogP contribution in [0.4, 0.5) is 11.4 Å². The second-order valence-corrected chi connectivity index (χ2v) is 17.6. The summed E-state index contributed by atoms with van der Waals surface area (Å²) < 4.78 is 24.5. The normalized spacial score (nSPS) is 22.0. The zero-order valence-corrected chi connectivity index (χ0v) is 35.2. The van der Waals surface area contributed by atoms with Gasteiger partial charge in [0.15, 0.2) is 23.0 Å². The number of ether oxygens (including phenoxy) is 4. The Morgan fingerprint density at radius 2 is 1.59 bits per heavy atom. The van der Waals surface area contributed by atoms with Gasteiger partial charge in [-0.3, -0.25) is 14.6 Å². The Morgan fingerprint density at radius 1 is 0.911 bits per heavy atom. The molecule has 4 aliphatic heterocycles. The van der Waals surface area contributed by atoms with E-state index in [2.05, 4.69) is 57.5 Å². The maximum absolute atomic E-state index is 14.2. The molecule has 4 atom stereocenters. The molecule has 1 N–H and O–H groups in total. The fourth-order valence-electron chi connectivity index (χ4n) is 8.71. The summed E-state index contributed by atoms with van der Waals surface area (Å²) in [5, 5.41) is 10.2. The van der Waals surface area contributed by atoms with Crippen LogP contribution < -0.4 is 23.8 Å². The van der Waals surface area contributed by atoms with Gasteiger partial charge in [-0.2, -0.15) is 0 Å². The maximum atomic E-state index is 14.2. The number of anilines is 1. The monoisotopic (exact) mass is 772 g/mol. The van der Waals surface area contributed by atoms with Crippen molar-refractivity contribution >= 4 is 29.4 Å². The van der Waals surface area contributed by atoms with Gasteiger partial charge in [0.2, 0.25) is 0 Å². The van der Waals surface area contributed by atoms with Gasteiger partial charge in [0.05, 0.1) is 68.1 Å². The molecule has 2 aromatic carbocycles. The van der Waals surface area contributed by atoms with Crippen molar-refractivity contribution in [2.24, 2.45) is 15.8 Å². The molecule has 4 aliphatic rings. The number of fused-ring (bicyclic) bond motifs is 4. The number of aliphatic imine (C=N–C) groups is 1. The van der Waals surface area contributed by atoms with Crippen LogP contribution in [0.5, 0.6) is 23.0 Å². The fraction of sp³-hybridized carbons (Fsp3) is 0.622. The number of allylic oxidation sites excluding steroid dienone is 1. The molecule has 0 spiro atoms. The minimum Gasteiger partial charge on any atom is -0.493 e. The minimum atomic E-state index is -0.142. The number of hydrogen-bond donors (Lipinski definition) is 1. The lowest BCUT2D eigenvalue weighted by atomic mass is 9.78. The highest BCUT2D eigenvalue weighted by Crippen LogP contribution is 2.45. The van der Waals surface area contributed by atoms with Gasteiger partial charge in [-0.25, -0.2) is 0 Å². The highest BCUT2D eigenvalue weighted by molar-refractivity contribution is 6.04. The molecular formula is C45H64N4O7. The summed E-state index contributed by atoms with van der Waals surface area (Å²) in [5.41, 5.74) is 3.73. The quantitative estimate of drug-likeness (QED) is 0.170. The van der Waals surface area contributed by atoms with E-state index in [0.29, 0.717) is 66.0 Å². The summed E-state index contributed by atoms with van der Waals surface area (Å²) in [7, 11) is 3.23. The van der Waals surface area contributed by atoms with Crippen molar-refractivity contribution in [1.82, 2.24) is 9.80 Å². The van der Waals surface area contributed by atoms with Gasteiger partial charge in [-0.15, -0.1) is 0 Å². The Labute approximate surface area is 334 Å². The minimum absolute atomic E-state index is 0.00224. The molecule has 0 radical (unpaired) electrons. The Kier molecular flexibility index (Phi) is 12.6. The number of methoxy groups -OCH3 is 2. The van der Waals surface area contributed by atoms with Crippen molar-refractivity contribution in [2.45, 2.75) is 124 Å². The first-order chi connectivity index (χ1) is 26.7. The van der Waals surface area contributed by atoms with Gasteiger partial charge in [0, 0.05) is 44.1 Å². The van der Waals surface area contributed by atoms with E-state index in [-0.39, 0.29) is 53.4 Å². The van der Waals surface area contributed by atoms with Gasteiger partial charge in [-0.05, 0) is 88.2 Å². The van der Waals surface area contributed by atoms with Gasteiger partial charge in [0.1, 0.15) is 0 Å². The van der Waals surface area contributed by atoms with E-state index < -0.39 is 0 Å². The molecule has 3 unspecified atom stereocenters. The molecule has 4 heterocycles. The first-order valence-corrected chi connectivity index (χ1v) is 20.6. The van der Waals surface area contributed by atoms with E-state index in [9.17, 15) is 14.7 Å². The van der Waals surface area contributed by atoms with Crippen LogP contribution in [0.3, 0.4) is 0 Å². The van der Waals surface area contributed by atoms with Crippen LogP contribution in [0.15, 0.2) is 40.9 Å². The fourth-order valence-corrected chi connectivity index (χ4v) is 8.71. The van der Waals surface area contributed by atoms with Crippen LogP contribution in [0.1, 0.15) is 121 Å². The Morgan fingerprint density at radius 3 is 2.27 bits per heavy atom. The molecule has 0 aromatic heterocycles. The third-order valence-corrected chi connectivity index (χ3v) is 12.6. The molecule has 6 rings (SSSR count). The molecule has 2 fully saturated rings. The molecule has 2 saturated heterocycles. The van der Waals surface area contributed by atoms with Crippen LogP contribution in [-0.2, 0) is 0 Å². The number of carbonyl (C=O) groups excluding carboxylic acids is 2. The topological polar surface area (TPSA) is 113 Å². The molecule has 0 aliphatic carbocycles. The number of carbonyl (C=O) groups is 2. The number of amides is 2. The number of hydrogen-bond acceptors (Lipinski definition) is 9. The summed E-state index contributed by atoms with van der Waals surface area (Å²) in [4.78, 5) is 38.5. The van der Waals surface area contributed by atoms with Gasteiger partial charge in [-0.1, -0.05) is 46.3 Å². The summed E-state index contributed by atoms with van der Waals surface area (Å²) in [6.07, 6.45) is 10.9. The average molecular weight is 773 g/mol. The number of rotatable bonds is 16. The van der Waals surface area contributed by atoms with Crippen molar-refractivity contribution < 1.29 is 33.6 Å². The number of aliphatic hydroxyl groups is 1. The van der Waals surface area contributed by atoms with Crippen LogP contribution in [0.2, 0.25) is 0 Å². The third-order valence-electron chi connectivity index (χ3n) is 12.6. The predicted octanol–water partition coefficient (Wildman–Crippen LogP) is 8.24. The van der Waals surface area contributed by atoms with Crippen molar-refractivity contribution in [1.29, 1.82) is 0 Å². The van der Waals surface area contributed by atoms with Crippen LogP contribution >= 0.6 is 0 Å². The molecule has 11 nitrogen and oxygen atoms in total. The zero-order valence-electron chi connectivity index (χ0n) is 35.2. The van der Waals surface area contributed by atoms with E-state index in [1.807, 2.05) is 41.1 Å².